The van der Waals surface area contributed by atoms with Crippen molar-refractivity contribution in [2.24, 2.45) is 0 Å². The molecule has 2 heteroatoms. The molecule has 1 aromatic rings. The summed E-state index contributed by atoms with van der Waals surface area (Å²) in [5, 5.41) is 3.30. The summed E-state index contributed by atoms with van der Waals surface area (Å²) in [5.41, 5.74) is 3.84. The van der Waals surface area contributed by atoms with Gasteiger partial charge in [-0.15, -0.1) is 0 Å². The second-order valence-corrected chi connectivity index (χ2v) is 3.65. The van der Waals surface area contributed by atoms with Crippen LogP contribution in [0, 0.1) is 13.8 Å². The van der Waals surface area contributed by atoms with Crippen LogP contribution in [-0.4, -0.2) is 13.7 Å². The zero-order valence-corrected chi connectivity index (χ0v) is 8.35. The molecular weight excluding hydrogens is 162 g/mol. The van der Waals surface area contributed by atoms with E-state index in [1.165, 1.54) is 16.7 Å². The highest BCUT2D eigenvalue weighted by atomic mass is 16.5. The van der Waals surface area contributed by atoms with E-state index < -0.39 is 0 Å². The zero-order valence-electron chi connectivity index (χ0n) is 8.35. The van der Waals surface area contributed by atoms with Gasteiger partial charge in [0.25, 0.3) is 0 Å². The van der Waals surface area contributed by atoms with Crippen molar-refractivity contribution in [2.45, 2.75) is 19.9 Å². The molecule has 1 fully saturated rings. The van der Waals surface area contributed by atoms with Crippen molar-refractivity contribution in [3.8, 4) is 5.75 Å². The maximum absolute atomic E-state index is 5.31. The van der Waals surface area contributed by atoms with Crippen LogP contribution in [0.4, 0.5) is 0 Å². The van der Waals surface area contributed by atoms with Crippen molar-refractivity contribution in [2.75, 3.05) is 13.7 Å². The van der Waals surface area contributed by atoms with Gasteiger partial charge in [-0.2, -0.15) is 0 Å². The van der Waals surface area contributed by atoms with Crippen LogP contribution in [0.15, 0.2) is 12.1 Å². The van der Waals surface area contributed by atoms with Crippen LogP contribution in [0.5, 0.6) is 5.75 Å². The quantitative estimate of drug-likeness (QED) is 0.700. The summed E-state index contributed by atoms with van der Waals surface area (Å²) in [4.78, 5) is 0. The highest BCUT2D eigenvalue weighted by Crippen LogP contribution is 2.30. The maximum Gasteiger partial charge on any atom is 0.124 e. The lowest BCUT2D eigenvalue weighted by Crippen LogP contribution is -1.94. The number of benzene rings is 1. The van der Waals surface area contributed by atoms with Gasteiger partial charge in [-0.25, -0.2) is 0 Å². The summed E-state index contributed by atoms with van der Waals surface area (Å²) in [6.07, 6.45) is 0. The van der Waals surface area contributed by atoms with E-state index in [0.717, 1.165) is 12.3 Å². The predicted molar refractivity (Wildman–Crippen MR) is 53.2 cm³/mol. The standard InChI is InChI=1S/C11H15NO/c1-7-4-9(10-6-12-10)5-8(2)11(7)13-3/h4-5,10,12H,6H2,1-3H3/t10-/m1/s1. The lowest BCUT2D eigenvalue weighted by atomic mass is 10.0. The molecule has 1 aliphatic rings. The minimum absolute atomic E-state index is 0.586. The van der Waals surface area contributed by atoms with Gasteiger partial charge in [-0.3, -0.25) is 0 Å². The first-order valence-corrected chi connectivity index (χ1v) is 4.61. The second kappa shape index (κ2) is 3.04. The van der Waals surface area contributed by atoms with Gasteiger partial charge in [-0.05, 0) is 30.5 Å². The highest BCUT2D eigenvalue weighted by molar-refractivity contribution is 5.45. The molecule has 1 heterocycles. The molecule has 2 rings (SSSR count). The molecule has 0 radical (unpaired) electrons. The molecule has 1 aliphatic heterocycles. The molecule has 0 spiro atoms. The Morgan fingerprint density at radius 2 is 1.85 bits per heavy atom. The summed E-state index contributed by atoms with van der Waals surface area (Å²) >= 11 is 0. The Morgan fingerprint density at radius 1 is 1.31 bits per heavy atom. The Hall–Kier alpha value is -1.02. The molecule has 0 unspecified atom stereocenters. The van der Waals surface area contributed by atoms with Crippen molar-refractivity contribution >= 4 is 0 Å². The lowest BCUT2D eigenvalue weighted by Gasteiger charge is -2.10. The van der Waals surface area contributed by atoms with Gasteiger partial charge in [0.1, 0.15) is 5.75 Å². The van der Waals surface area contributed by atoms with E-state index in [4.69, 9.17) is 4.74 Å². The number of nitrogens with one attached hydrogen (secondary N) is 1. The van der Waals surface area contributed by atoms with Crippen LogP contribution in [0.3, 0.4) is 0 Å². The van der Waals surface area contributed by atoms with Crippen LogP contribution in [0.1, 0.15) is 22.7 Å². The summed E-state index contributed by atoms with van der Waals surface area (Å²) in [7, 11) is 1.73. The van der Waals surface area contributed by atoms with Crippen LogP contribution in [0.25, 0.3) is 0 Å². The molecule has 0 aliphatic carbocycles. The second-order valence-electron chi connectivity index (χ2n) is 3.65. The molecule has 0 bridgehead atoms. The third-order valence-corrected chi connectivity index (χ3v) is 2.50. The fraction of sp³-hybridized carbons (Fsp3) is 0.455. The first kappa shape index (κ1) is 8.57. The minimum Gasteiger partial charge on any atom is -0.496 e. The average molecular weight is 177 g/mol. The Morgan fingerprint density at radius 3 is 2.23 bits per heavy atom. The van der Waals surface area contributed by atoms with Crippen molar-refractivity contribution in [1.29, 1.82) is 0 Å². The van der Waals surface area contributed by atoms with E-state index in [9.17, 15) is 0 Å². The van der Waals surface area contributed by atoms with Gasteiger partial charge in [0, 0.05) is 12.6 Å². The van der Waals surface area contributed by atoms with E-state index in [2.05, 4.69) is 31.3 Å². The number of hydrogen-bond donors (Lipinski definition) is 1. The van der Waals surface area contributed by atoms with Gasteiger partial charge in [0.05, 0.1) is 7.11 Å². The molecule has 1 aromatic carbocycles. The summed E-state index contributed by atoms with van der Waals surface area (Å²) < 4.78 is 5.31. The Kier molecular flexibility index (Phi) is 2.00. The van der Waals surface area contributed by atoms with Crippen LogP contribution >= 0.6 is 0 Å². The molecule has 1 atom stereocenters. The first-order chi connectivity index (χ1) is 6.22. The van der Waals surface area contributed by atoms with E-state index in [1.807, 2.05) is 0 Å². The van der Waals surface area contributed by atoms with Crippen molar-refractivity contribution < 1.29 is 4.74 Å². The van der Waals surface area contributed by atoms with E-state index in [0.29, 0.717) is 6.04 Å². The number of ether oxygens (including phenoxy) is 1. The monoisotopic (exact) mass is 177 g/mol. The number of rotatable bonds is 2. The molecule has 1 N–H and O–H groups in total. The fourth-order valence-electron chi connectivity index (χ4n) is 1.80. The zero-order chi connectivity index (χ0) is 9.42. The summed E-state index contributed by atoms with van der Waals surface area (Å²) in [6.45, 7) is 5.31. The van der Waals surface area contributed by atoms with Crippen molar-refractivity contribution in [3.05, 3.63) is 28.8 Å². The van der Waals surface area contributed by atoms with Crippen LogP contribution < -0.4 is 10.1 Å². The smallest absolute Gasteiger partial charge is 0.124 e. The van der Waals surface area contributed by atoms with E-state index in [1.54, 1.807) is 7.11 Å². The Bertz CT molecular complexity index is 306. The minimum atomic E-state index is 0.586. The van der Waals surface area contributed by atoms with Crippen LogP contribution in [0.2, 0.25) is 0 Å². The lowest BCUT2D eigenvalue weighted by molar-refractivity contribution is 0.408. The summed E-state index contributed by atoms with van der Waals surface area (Å²) in [6, 6.07) is 5.00. The van der Waals surface area contributed by atoms with Gasteiger partial charge < -0.3 is 10.1 Å². The first-order valence-electron chi connectivity index (χ1n) is 4.61. The van der Waals surface area contributed by atoms with E-state index >= 15 is 0 Å². The largest absolute Gasteiger partial charge is 0.496 e. The number of aryl methyl sites for hydroxylation is 2. The van der Waals surface area contributed by atoms with Gasteiger partial charge in [-0.1, -0.05) is 12.1 Å². The molecular formula is C11H15NO. The Labute approximate surface area is 78.9 Å². The third kappa shape index (κ3) is 1.54. The Balaban J connectivity index is 2.42. The van der Waals surface area contributed by atoms with Crippen molar-refractivity contribution in [3.63, 3.8) is 0 Å². The number of hydrogen-bond acceptors (Lipinski definition) is 2. The molecule has 0 amide bonds. The SMILES string of the molecule is COc1c(C)cc([C@H]2CN2)cc1C. The number of methoxy groups -OCH3 is 1. The molecule has 1 saturated heterocycles. The highest BCUT2D eigenvalue weighted by Gasteiger charge is 2.23. The van der Waals surface area contributed by atoms with Gasteiger partial charge in [0.2, 0.25) is 0 Å². The fourth-order valence-corrected chi connectivity index (χ4v) is 1.80. The predicted octanol–water partition coefficient (Wildman–Crippen LogP) is 1.96. The molecule has 0 saturated carbocycles. The molecule has 70 valence electrons. The van der Waals surface area contributed by atoms with E-state index in [-0.39, 0.29) is 0 Å². The molecule has 2 nitrogen and oxygen atoms in total. The average Bonchev–Trinajstić information content (AvgIpc) is 2.85. The molecule has 13 heavy (non-hydrogen) atoms. The van der Waals surface area contributed by atoms with Gasteiger partial charge >= 0.3 is 0 Å². The molecule has 0 aromatic heterocycles. The van der Waals surface area contributed by atoms with Crippen LogP contribution in [-0.2, 0) is 0 Å². The summed E-state index contributed by atoms with van der Waals surface area (Å²) in [5.74, 6) is 1.02. The topological polar surface area (TPSA) is 31.2 Å². The third-order valence-electron chi connectivity index (χ3n) is 2.50. The maximum atomic E-state index is 5.31. The normalized spacial score (nSPS) is 20.1. The van der Waals surface area contributed by atoms with Gasteiger partial charge in [0.15, 0.2) is 0 Å². The van der Waals surface area contributed by atoms with Crippen molar-refractivity contribution in [1.82, 2.24) is 5.32 Å².